The van der Waals surface area contributed by atoms with E-state index < -0.39 is 11.5 Å². The number of aliphatic hydroxyl groups is 2. The van der Waals surface area contributed by atoms with Gasteiger partial charge < -0.3 is 15.5 Å². The first-order valence-corrected chi connectivity index (χ1v) is 11.4. The summed E-state index contributed by atoms with van der Waals surface area (Å²) >= 11 is 0. The maximum absolute atomic E-state index is 12.9. The van der Waals surface area contributed by atoms with Gasteiger partial charge in [-0.25, -0.2) is 0 Å². The molecule has 4 heteroatoms. The maximum atomic E-state index is 12.9. The first-order valence-electron chi connectivity index (χ1n) is 11.4. The standard InChI is InChI=1S/C25H49NO3/c1-10-12-24(8,18-22(3,4)5)15-14-23(6,7)19-25(9,13-11-2)21(29)26-16-20(28)17-27/h14-15,20,27-28H,10-13,16-19H2,1-9H3,(H,26,29). The van der Waals surface area contributed by atoms with Gasteiger partial charge in [0.25, 0.3) is 0 Å². The lowest BCUT2D eigenvalue weighted by molar-refractivity contribution is -0.132. The summed E-state index contributed by atoms with van der Waals surface area (Å²) in [5.74, 6) is -0.0423. The third-order valence-corrected chi connectivity index (χ3v) is 5.60. The Kier molecular flexibility index (Phi) is 11.2. The molecule has 0 aromatic carbocycles. The fourth-order valence-electron chi connectivity index (χ4n) is 4.83. The van der Waals surface area contributed by atoms with E-state index >= 15 is 0 Å². The van der Waals surface area contributed by atoms with Crippen LogP contribution in [0.3, 0.4) is 0 Å². The number of allylic oxidation sites excluding steroid dienone is 2. The van der Waals surface area contributed by atoms with E-state index in [9.17, 15) is 9.90 Å². The zero-order valence-corrected chi connectivity index (χ0v) is 20.7. The van der Waals surface area contributed by atoms with Crippen LogP contribution < -0.4 is 5.32 Å². The molecular formula is C25H49NO3. The van der Waals surface area contributed by atoms with Crippen LogP contribution >= 0.6 is 0 Å². The van der Waals surface area contributed by atoms with Crippen LogP contribution in [-0.4, -0.2) is 35.4 Å². The minimum absolute atomic E-state index is 0.0423. The smallest absolute Gasteiger partial charge is 0.226 e. The van der Waals surface area contributed by atoms with Crippen LogP contribution in [0.25, 0.3) is 0 Å². The molecule has 1 amide bonds. The Labute approximate surface area is 180 Å². The van der Waals surface area contributed by atoms with Crippen LogP contribution in [0, 0.1) is 21.7 Å². The molecule has 0 aliphatic heterocycles. The number of rotatable bonds is 13. The van der Waals surface area contributed by atoms with Crippen LogP contribution in [0.2, 0.25) is 0 Å². The first-order chi connectivity index (χ1) is 13.1. The van der Waals surface area contributed by atoms with Crippen molar-refractivity contribution >= 4 is 5.91 Å². The second-order valence-electron chi connectivity index (χ2n) is 11.5. The number of carbonyl (C=O) groups excluding carboxylic acids is 1. The summed E-state index contributed by atoms with van der Waals surface area (Å²) in [6.07, 6.45) is 9.69. The monoisotopic (exact) mass is 411 g/mol. The normalized spacial score (nSPS) is 18.3. The van der Waals surface area contributed by atoms with Crippen molar-refractivity contribution in [1.29, 1.82) is 0 Å². The molecule has 3 N–H and O–H groups in total. The predicted molar refractivity (Wildman–Crippen MR) is 124 cm³/mol. The van der Waals surface area contributed by atoms with Gasteiger partial charge in [0, 0.05) is 12.0 Å². The van der Waals surface area contributed by atoms with Crippen molar-refractivity contribution in [3.05, 3.63) is 12.2 Å². The second-order valence-corrected chi connectivity index (χ2v) is 11.5. The van der Waals surface area contributed by atoms with Crippen LogP contribution in [0.1, 0.15) is 101 Å². The van der Waals surface area contributed by atoms with Gasteiger partial charge in [-0.1, -0.05) is 87.3 Å². The third kappa shape index (κ3) is 11.2. The van der Waals surface area contributed by atoms with Crippen LogP contribution in [-0.2, 0) is 4.79 Å². The summed E-state index contributed by atoms with van der Waals surface area (Å²) in [6, 6.07) is 0. The zero-order valence-electron chi connectivity index (χ0n) is 20.7. The van der Waals surface area contributed by atoms with Crippen molar-refractivity contribution in [3.8, 4) is 0 Å². The zero-order chi connectivity index (χ0) is 22.9. The fraction of sp³-hybridized carbons (Fsp3) is 0.880. The molecule has 4 nitrogen and oxygen atoms in total. The summed E-state index contributed by atoms with van der Waals surface area (Å²) in [6.45, 7) is 19.7. The van der Waals surface area contributed by atoms with Gasteiger partial charge in [-0.2, -0.15) is 0 Å². The van der Waals surface area contributed by atoms with Crippen molar-refractivity contribution in [2.24, 2.45) is 21.7 Å². The summed E-state index contributed by atoms with van der Waals surface area (Å²) in [4.78, 5) is 12.9. The van der Waals surface area contributed by atoms with Gasteiger partial charge in [0.1, 0.15) is 0 Å². The van der Waals surface area contributed by atoms with Gasteiger partial charge in [0.15, 0.2) is 0 Å². The molecule has 0 aromatic rings. The van der Waals surface area contributed by atoms with Crippen molar-refractivity contribution < 1.29 is 15.0 Å². The van der Waals surface area contributed by atoms with E-state index in [2.05, 4.69) is 72.9 Å². The van der Waals surface area contributed by atoms with E-state index in [1.165, 1.54) is 0 Å². The molecule has 0 rings (SSSR count). The second kappa shape index (κ2) is 11.5. The summed E-state index contributed by atoms with van der Waals surface area (Å²) in [7, 11) is 0. The van der Waals surface area contributed by atoms with Gasteiger partial charge in [-0.05, 0) is 41.9 Å². The molecule has 0 heterocycles. The molecule has 0 radical (unpaired) electrons. The minimum Gasteiger partial charge on any atom is -0.394 e. The number of amides is 1. The van der Waals surface area contributed by atoms with E-state index in [0.29, 0.717) is 0 Å². The van der Waals surface area contributed by atoms with Gasteiger partial charge >= 0.3 is 0 Å². The number of hydrogen-bond acceptors (Lipinski definition) is 3. The van der Waals surface area contributed by atoms with Crippen molar-refractivity contribution in [2.75, 3.05) is 13.2 Å². The Morgan fingerprint density at radius 1 is 0.931 bits per heavy atom. The molecule has 0 spiro atoms. The molecule has 0 saturated heterocycles. The Bertz CT molecular complexity index is 521. The highest BCUT2D eigenvalue weighted by Crippen LogP contribution is 2.42. The number of nitrogens with one attached hydrogen (secondary N) is 1. The molecule has 29 heavy (non-hydrogen) atoms. The molecule has 3 unspecified atom stereocenters. The Morgan fingerprint density at radius 2 is 1.48 bits per heavy atom. The molecule has 0 fully saturated rings. The summed E-state index contributed by atoms with van der Waals surface area (Å²) in [5, 5.41) is 21.4. The van der Waals surface area contributed by atoms with Gasteiger partial charge in [0.05, 0.1) is 12.7 Å². The number of hydrogen-bond donors (Lipinski definition) is 3. The molecule has 0 bridgehead atoms. The maximum Gasteiger partial charge on any atom is 0.226 e. The lowest BCUT2D eigenvalue weighted by atomic mass is 9.68. The fourth-order valence-corrected chi connectivity index (χ4v) is 4.83. The molecule has 0 aliphatic rings. The highest BCUT2D eigenvalue weighted by Gasteiger charge is 2.37. The Morgan fingerprint density at radius 3 is 1.93 bits per heavy atom. The number of aliphatic hydroxyl groups excluding tert-OH is 2. The van der Waals surface area contributed by atoms with Gasteiger partial charge in [-0.3, -0.25) is 4.79 Å². The molecule has 0 aliphatic carbocycles. The quantitative estimate of drug-likeness (QED) is 0.352. The third-order valence-electron chi connectivity index (χ3n) is 5.60. The first kappa shape index (κ1) is 28.1. The highest BCUT2D eigenvalue weighted by molar-refractivity contribution is 5.82. The average molecular weight is 412 g/mol. The van der Waals surface area contributed by atoms with E-state index in [1.54, 1.807) is 0 Å². The van der Waals surface area contributed by atoms with Crippen LogP contribution in [0.15, 0.2) is 12.2 Å². The Hall–Kier alpha value is -0.870. The molecule has 172 valence electrons. The lowest BCUT2D eigenvalue weighted by Crippen LogP contribution is -2.44. The van der Waals surface area contributed by atoms with Gasteiger partial charge in [0.2, 0.25) is 5.91 Å². The predicted octanol–water partition coefficient (Wildman–Crippen LogP) is 5.48. The molecule has 0 saturated carbocycles. The lowest BCUT2D eigenvalue weighted by Gasteiger charge is -2.37. The van der Waals surface area contributed by atoms with Crippen LogP contribution in [0.5, 0.6) is 0 Å². The Balaban J connectivity index is 5.44. The summed E-state index contributed by atoms with van der Waals surface area (Å²) in [5.41, 5.74) is -0.214. The SMILES string of the molecule is CCCC(C)(C=CC(C)(C)CC(C)(CCC)C(=O)NCC(O)CO)CC(C)(C)C. The molecular weight excluding hydrogens is 362 g/mol. The highest BCUT2D eigenvalue weighted by atomic mass is 16.3. The van der Waals surface area contributed by atoms with E-state index in [1.807, 2.05) is 6.92 Å². The largest absolute Gasteiger partial charge is 0.394 e. The average Bonchev–Trinajstić information content (AvgIpc) is 2.56. The molecule has 3 atom stereocenters. The van der Waals surface area contributed by atoms with Crippen molar-refractivity contribution in [1.82, 2.24) is 5.32 Å². The minimum atomic E-state index is -0.912. The van der Waals surface area contributed by atoms with E-state index in [-0.39, 0.29) is 35.3 Å². The van der Waals surface area contributed by atoms with E-state index in [4.69, 9.17) is 5.11 Å². The van der Waals surface area contributed by atoms with Crippen molar-refractivity contribution in [3.63, 3.8) is 0 Å². The van der Waals surface area contributed by atoms with Gasteiger partial charge in [-0.15, -0.1) is 0 Å². The number of carbonyl (C=O) groups is 1. The van der Waals surface area contributed by atoms with Crippen molar-refractivity contribution in [2.45, 2.75) is 107 Å². The van der Waals surface area contributed by atoms with E-state index in [0.717, 1.165) is 38.5 Å². The summed E-state index contributed by atoms with van der Waals surface area (Å²) < 4.78 is 0. The topological polar surface area (TPSA) is 69.6 Å². The van der Waals surface area contributed by atoms with Crippen LogP contribution in [0.4, 0.5) is 0 Å². The molecule has 0 aromatic heterocycles.